The van der Waals surface area contributed by atoms with Crippen molar-refractivity contribution < 1.29 is 0 Å². The summed E-state index contributed by atoms with van der Waals surface area (Å²) in [7, 11) is 0. The number of aryl methyl sites for hydroxylation is 3. The second-order valence-electron chi connectivity index (χ2n) is 4.62. The monoisotopic (exact) mass is 219 g/mol. The quantitative estimate of drug-likeness (QED) is 0.822. The van der Waals surface area contributed by atoms with Crippen molar-refractivity contribution >= 4 is 0 Å². The molecule has 1 aliphatic rings. The number of aromatic nitrogens is 2. The minimum Gasteiger partial charge on any atom is -0.314 e. The first-order valence-corrected chi connectivity index (χ1v) is 6.27. The first kappa shape index (κ1) is 11.5. The number of hydrogen-bond acceptors (Lipinski definition) is 3. The van der Waals surface area contributed by atoms with E-state index in [0.29, 0.717) is 0 Å². The number of nitrogens with one attached hydrogen (secondary N) is 1. The normalized spacial score (nSPS) is 15.4. The second kappa shape index (κ2) is 4.91. The molecule has 0 amide bonds. The molecule has 1 aliphatic carbocycles. The topological polar surface area (TPSA) is 37.8 Å². The Morgan fingerprint density at radius 2 is 1.81 bits per heavy atom. The summed E-state index contributed by atoms with van der Waals surface area (Å²) in [5.41, 5.74) is 3.63. The highest BCUT2D eigenvalue weighted by atomic mass is 14.9. The Hall–Kier alpha value is -0.960. The minimum atomic E-state index is 0.788. The Morgan fingerprint density at radius 3 is 2.31 bits per heavy atom. The van der Waals surface area contributed by atoms with Gasteiger partial charge in [0.05, 0.1) is 0 Å². The zero-order valence-corrected chi connectivity index (χ0v) is 10.5. The third kappa shape index (κ3) is 2.79. The highest BCUT2D eigenvalue weighted by Crippen LogP contribution is 2.18. The van der Waals surface area contributed by atoms with Gasteiger partial charge in [-0.15, -0.1) is 0 Å². The lowest BCUT2D eigenvalue weighted by Gasteiger charge is -2.10. The summed E-state index contributed by atoms with van der Waals surface area (Å²) >= 11 is 0. The van der Waals surface area contributed by atoms with E-state index in [2.05, 4.69) is 36.1 Å². The molecular weight excluding hydrogens is 198 g/mol. The fraction of sp³-hybridized carbons (Fsp3) is 0.692. The van der Waals surface area contributed by atoms with E-state index in [9.17, 15) is 0 Å². The Balaban J connectivity index is 2.00. The van der Waals surface area contributed by atoms with Crippen LogP contribution in [0, 0.1) is 13.8 Å². The van der Waals surface area contributed by atoms with Crippen molar-refractivity contribution in [2.45, 2.75) is 52.5 Å². The van der Waals surface area contributed by atoms with Gasteiger partial charge in [0, 0.05) is 23.9 Å². The predicted octanol–water partition coefficient (Wildman–Crippen LogP) is 1.95. The van der Waals surface area contributed by atoms with Crippen LogP contribution in [0.15, 0.2) is 0 Å². The van der Waals surface area contributed by atoms with Crippen LogP contribution in [0.3, 0.4) is 0 Å². The number of nitrogens with zero attached hydrogens (tertiary/aromatic N) is 2. The molecule has 0 radical (unpaired) electrons. The first-order valence-electron chi connectivity index (χ1n) is 6.27. The van der Waals surface area contributed by atoms with Crippen molar-refractivity contribution in [1.82, 2.24) is 15.3 Å². The van der Waals surface area contributed by atoms with Crippen molar-refractivity contribution in [3.63, 3.8) is 0 Å². The van der Waals surface area contributed by atoms with Gasteiger partial charge in [-0.25, -0.2) is 9.97 Å². The molecule has 1 fully saturated rings. The van der Waals surface area contributed by atoms with Crippen LogP contribution >= 0.6 is 0 Å². The zero-order valence-electron chi connectivity index (χ0n) is 10.5. The lowest BCUT2D eigenvalue weighted by molar-refractivity contribution is 0.673. The van der Waals surface area contributed by atoms with Gasteiger partial charge in [0.2, 0.25) is 0 Å². The molecule has 0 unspecified atom stereocenters. The molecule has 16 heavy (non-hydrogen) atoms. The third-order valence-electron chi connectivity index (χ3n) is 3.17. The molecule has 3 nitrogen and oxygen atoms in total. The summed E-state index contributed by atoms with van der Waals surface area (Å²) in [6.07, 6.45) is 4.67. The standard InChI is InChI=1S/C13H21N3/c1-4-13-15-9(2)12(10(3)16-13)7-8-14-11-5-6-11/h11,14H,4-8H2,1-3H3. The molecule has 88 valence electrons. The SMILES string of the molecule is CCc1nc(C)c(CCNC2CC2)c(C)n1. The molecule has 1 aromatic rings. The summed E-state index contributed by atoms with van der Waals surface area (Å²) in [4.78, 5) is 9.05. The van der Waals surface area contributed by atoms with Gasteiger partial charge in [-0.2, -0.15) is 0 Å². The molecule has 0 aromatic carbocycles. The maximum Gasteiger partial charge on any atom is 0.128 e. The molecule has 1 aromatic heterocycles. The summed E-state index contributed by atoms with van der Waals surface area (Å²) < 4.78 is 0. The van der Waals surface area contributed by atoms with E-state index in [1.54, 1.807) is 0 Å². The van der Waals surface area contributed by atoms with E-state index in [-0.39, 0.29) is 0 Å². The van der Waals surface area contributed by atoms with Crippen LogP contribution in [0.2, 0.25) is 0 Å². The minimum absolute atomic E-state index is 0.788. The maximum atomic E-state index is 4.53. The average Bonchev–Trinajstić information content (AvgIpc) is 3.05. The van der Waals surface area contributed by atoms with E-state index in [4.69, 9.17) is 0 Å². The zero-order chi connectivity index (χ0) is 11.5. The van der Waals surface area contributed by atoms with Crippen molar-refractivity contribution in [3.8, 4) is 0 Å². The fourth-order valence-corrected chi connectivity index (χ4v) is 2.02. The molecule has 3 heteroatoms. The molecular formula is C13H21N3. The molecule has 1 heterocycles. The van der Waals surface area contributed by atoms with Gasteiger partial charge in [-0.3, -0.25) is 0 Å². The molecule has 0 saturated heterocycles. The molecule has 0 bridgehead atoms. The Bertz CT molecular complexity index is 346. The molecule has 1 N–H and O–H groups in total. The molecule has 0 aliphatic heterocycles. The van der Waals surface area contributed by atoms with E-state index in [1.807, 2.05) is 0 Å². The summed E-state index contributed by atoms with van der Waals surface area (Å²) in [5, 5.41) is 3.53. The second-order valence-corrected chi connectivity index (χ2v) is 4.62. The van der Waals surface area contributed by atoms with Crippen LogP contribution in [0.25, 0.3) is 0 Å². The fourth-order valence-electron chi connectivity index (χ4n) is 2.02. The van der Waals surface area contributed by atoms with Crippen LogP contribution in [0.1, 0.15) is 42.5 Å². The van der Waals surface area contributed by atoms with Gasteiger partial charge in [0.25, 0.3) is 0 Å². The summed E-state index contributed by atoms with van der Waals surface area (Å²) in [6.45, 7) is 7.35. The number of hydrogen-bond donors (Lipinski definition) is 1. The first-order chi connectivity index (χ1) is 7.70. The van der Waals surface area contributed by atoms with Crippen molar-refractivity contribution in [2.75, 3.05) is 6.54 Å². The van der Waals surface area contributed by atoms with Gasteiger partial charge in [-0.1, -0.05) is 6.92 Å². The van der Waals surface area contributed by atoms with E-state index in [1.165, 1.54) is 18.4 Å². The van der Waals surface area contributed by atoms with Gasteiger partial charge in [0.1, 0.15) is 5.82 Å². The Labute approximate surface area is 97.7 Å². The maximum absolute atomic E-state index is 4.53. The van der Waals surface area contributed by atoms with Gasteiger partial charge < -0.3 is 5.32 Å². The number of rotatable bonds is 5. The highest BCUT2D eigenvalue weighted by Gasteiger charge is 2.20. The Morgan fingerprint density at radius 1 is 1.19 bits per heavy atom. The van der Waals surface area contributed by atoms with E-state index >= 15 is 0 Å². The Kier molecular flexibility index (Phi) is 3.54. The molecule has 0 atom stereocenters. The summed E-state index contributed by atoms with van der Waals surface area (Å²) in [5.74, 6) is 0.967. The van der Waals surface area contributed by atoms with Crippen LogP contribution in [0.4, 0.5) is 0 Å². The van der Waals surface area contributed by atoms with Crippen molar-refractivity contribution in [2.24, 2.45) is 0 Å². The third-order valence-corrected chi connectivity index (χ3v) is 3.17. The smallest absolute Gasteiger partial charge is 0.128 e. The van der Waals surface area contributed by atoms with E-state index < -0.39 is 0 Å². The lowest BCUT2D eigenvalue weighted by Crippen LogP contribution is -2.20. The van der Waals surface area contributed by atoms with Crippen LogP contribution < -0.4 is 5.32 Å². The molecule has 1 saturated carbocycles. The van der Waals surface area contributed by atoms with Crippen molar-refractivity contribution in [3.05, 3.63) is 22.8 Å². The van der Waals surface area contributed by atoms with Crippen molar-refractivity contribution in [1.29, 1.82) is 0 Å². The van der Waals surface area contributed by atoms with E-state index in [0.717, 1.165) is 42.6 Å². The van der Waals surface area contributed by atoms with Crippen LogP contribution in [-0.4, -0.2) is 22.6 Å². The summed E-state index contributed by atoms with van der Waals surface area (Å²) in [6, 6.07) is 0.788. The van der Waals surface area contributed by atoms with Gasteiger partial charge in [0.15, 0.2) is 0 Å². The highest BCUT2D eigenvalue weighted by molar-refractivity contribution is 5.24. The average molecular weight is 219 g/mol. The molecule has 0 spiro atoms. The molecule has 2 rings (SSSR count). The van der Waals surface area contributed by atoms with Crippen LogP contribution in [0.5, 0.6) is 0 Å². The predicted molar refractivity (Wildman–Crippen MR) is 65.6 cm³/mol. The lowest BCUT2D eigenvalue weighted by atomic mass is 10.1. The van der Waals surface area contributed by atoms with Gasteiger partial charge in [-0.05, 0) is 45.2 Å². The largest absolute Gasteiger partial charge is 0.314 e. The van der Waals surface area contributed by atoms with Gasteiger partial charge >= 0.3 is 0 Å². The van der Waals surface area contributed by atoms with Crippen LogP contribution in [-0.2, 0) is 12.8 Å².